The highest BCUT2D eigenvalue weighted by Gasteiger charge is 2.12. The van der Waals surface area contributed by atoms with E-state index in [0.717, 1.165) is 32.8 Å². The van der Waals surface area contributed by atoms with Crippen LogP contribution in [0.2, 0.25) is 10.0 Å². The van der Waals surface area contributed by atoms with Crippen LogP contribution in [0.4, 0.5) is 0 Å². The minimum atomic E-state index is -0.0618. The summed E-state index contributed by atoms with van der Waals surface area (Å²) in [6, 6.07) is 5.25. The lowest BCUT2D eigenvalue weighted by molar-refractivity contribution is -0.120. The van der Waals surface area contributed by atoms with E-state index >= 15 is 0 Å². The molecule has 1 fully saturated rings. The van der Waals surface area contributed by atoms with Crippen LogP contribution in [-0.2, 0) is 16.0 Å². The van der Waals surface area contributed by atoms with Crippen molar-refractivity contribution in [2.24, 2.45) is 0 Å². The molecule has 0 unspecified atom stereocenters. The fraction of sp³-hybridized carbons (Fsp3) is 0.500. The van der Waals surface area contributed by atoms with E-state index in [2.05, 4.69) is 10.2 Å². The molecule has 0 aromatic heterocycles. The van der Waals surface area contributed by atoms with E-state index < -0.39 is 0 Å². The number of ether oxygens (including phenoxy) is 1. The summed E-state index contributed by atoms with van der Waals surface area (Å²) in [6.45, 7) is 4.84. The number of amides is 1. The lowest BCUT2D eigenvalue weighted by Gasteiger charge is -2.26. The third-order valence-corrected chi connectivity index (χ3v) is 3.96. The number of morpholine rings is 1. The maximum atomic E-state index is 11.9. The number of hydrogen-bond acceptors (Lipinski definition) is 3. The van der Waals surface area contributed by atoms with Gasteiger partial charge in [0.15, 0.2) is 0 Å². The first-order valence-electron chi connectivity index (χ1n) is 6.66. The summed E-state index contributed by atoms with van der Waals surface area (Å²) in [5.74, 6) is -0.0618. The first-order chi connectivity index (χ1) is 9.66. The Morgan fingerprint density at radius 1 is 1.25 bits per heavy atom. The van der Waals surface area contributed by atoms with E-state index in [1.807, 2.05) is 0 Å². The summed E-state index contributed by atoms with van der Waals surface area (Å²) in [5.41, 5.74) is 0.680. The quantitative estimate of drug-likeness (QED) is 0.903. The number of hydrogen-bond donors (Lipinski definition) is 1. The number of rotatable bonds is 5. The van der Waals surface area contributed by atoms with Gasteiger partial charge < -0.3 is 10.1 Å². The molecule has 0 bridgehead atoms. The van der Waals surface area contributed by atoms with E-state index in [9.17, 15) is 4.79 Å². The van der Waals surface area contributed by atoms with Crippen molar-refractivity contribution in [2.45, 2.75) is 6.42 Å². The highest BCUT2D eigenvalue weighted by molar-refractivity contribution is 6.36. The van der Waals surface area contributed by atoms with Gasteiger partial charge in [0.05, 0.1) is 19.6 Å². The zero-order chi connectivity index (χ0) is 14.4. The molecule has 0 aliphatic carbocycles. The van der Waals surface area contributed by atoms with Gasteiger partial charge in [-0.2, -0.15) is 0 Å². The van der Waals surface area contributed by atoms with Crippen LogP contribution in [0, 0.1) is 0 Å². The second-order valence-corrected chi connectivity index (χ2v) is 5.50. The molecule has 0 radical (unpaired) electrons. The predicted octanol–water partition coefficient (Wildman–Crippen LogP) is 1.98. The Morgan fingerprint density at radius 2 is 1.90 bits per heavy atom. The first kappa shape index (κ1) is 15.6. The molecule has 1 aromatic carbocycles. The molecule has 1 aromatic rings. The highest BCUT2D eigenvalue weighted by atomic mass is 35.5. The van der Waals surface area contributed by atoms with Crippen LogP contribution in [0.1, 0.15) is 5.56 Å². The third kappa shape index (κ3) is 4.63. The number of nitrogens with zero attached hydrogens (tertiary/aromatic N) is 1. The van der Waals surface area contributed by atoms with Crippen LogP contribution in [0.3, 0.4) is 0 Å². The molecule has 0 atom stereocenters. The van der Waals surface area contributed by atoms with Gasteiger partial charge in [-0.1, -0.05) is 29.3 Å². The molecule has 1 heterocycles. The summed E-state index contributed by atoms with van der Waals surface area (Å²) in [4.78, 5) is 14.2. The topological polar surface area (TPSA) is 41.6 Å². The zero-order valence-corrected chi connectivity index (χ0v) is 12.7. The van der Waals surface area contributed by atoms with Crippen LogP contribution < -0.4 is 5.32 Å². The van der Waals surface area contributed by atoms with Gasteiger partial charge in [0.25, 0.3) is 0 Å². The summed E-state index contributed by atoms with van der Waals surface area (Å²) < 4.78 is 5.27. The monoisotopic (exact) mass is 316 g/mol. The van der Waals surface area contributed by atoms with Crippen molar-refractivity contribution in [3.05, 3.63) is 33.8 Å². The van der Waals surface area contributed by atoms with E-state index in [-0.39, 0.29) is 12.3 Å². The molecule has 20 heavy (non-hydrogen) atoms. The fourth-order valence-electron chi connectivity index (χ4n) is 2.10. The minimum Gasteiger partial charge on any atom is -0.379 e. The van der Waals surface area contributed by atoms with Gasteiger partial charge in [-0.15, -0.1) is 0 Å². The molecule has 4 nitrogen and oxygen atoms in total. The lowest BCUT2D eigenvalue weighted by Crippen LogP contribution is -2.41. The Balaban J connectivity index is 1.75. The van der Waals surface area contributed by atoms with Gasteiger partial charge in [-0.05, 0) is 17.7 Å². The predicted molar refractivity (Wildman–Crippen MR) is 80.4 cm³/mol. The molecule has 1 amide bonds. The molecule has 1 aliphatic heterocycles. The van der Waals surface area contributed by atoms with Crippen molar-refractivity contribution in [3.63, 3.8) is 0 Å². The van der Waals surface area contributed by atoms with Gasteiger partial charge in [-0.3, -0.25) is 9.69 Å². The Kier molecular flexibility index (Phi) is 6.10. The summed E-state index contributed by atoms with van der Waals surface area (Å²) in [7, 11) is 0. The number of carbonyl (C=O) groups is 1. The Bertz CT molecular complexity index is 442. The second-order valence-electron chi connectivity index (χ2n) is 4.68. The fourth-order valence-corrected chi connectivity index (χ4v) is 2.63. The van der Waals surface area contributed by atoms with Crippen molar-refractivity contribution in [3.8, 4) is 0 Å². The summed E-state index contributed by atoms with van der Waals surface area (Å²) in [6.07, 6.45) is 0.210. The molecule has 0 spiro atoms. The van der Waals surface area contributed by atoms with E-state index in [1.165, 1.54) is 0 Å². The van der Waals surface area contributed by atoms with E-state index in [4.69, 9.17) is 27.9 Å². The number of carbonyl (C=O) groups excluding carboxylic acids is 1. The molecule has 110 valence electrons. The summed E-state index contributed by atoms with van der Waals surface area (Å²) >= 11 is 12.1. The van der Waals surface area contributed by atoms with Crippen molar-refractivity contribution < 1.29 is 9.53 Å². The van der Waals surface area contributed by atoms with Crippen LogP contribution >= 0.6 is 23.2 Å². The Hall–Kier alpha value is -0.810. The van der Waals surface area contributed by atoms with E-state index in [1.54, 1.807) is 18.2 Å². The average molecular weight is 317 g/mol. The Labute approximate surface area is 129 Å². The van der Waals surface area contributed by atoms with Crippen molar-refractivity contribution in [1.82, 2.24) is 10.2 Å². The maximum Gasteiger partial charge on any atom is 0.224 e. The largest absolute Gasteiger partial charge is 0.379 e. The van der Waals surface area contributed by atoms with Crippen LogP contribution in [0.25, 0.3) is 0 Å². The lowest BCUT2D eigenvalue weighted by atomic mass is 10.1. The highest BCUT2D eigenvalue weighted by Crippen LogP contribution is 2.24. The van der Waals surface area contributed by atoms with Crippen LogP contribution in [0.15, 0.2) is 18.2 Å². The molecule has 0 saturated carbocycles. The first-order valence-corrected chi connectivity index (χ1v) is 7.42. The maximum absolute atomic E-state index is 11.9. The van der Waals surface area contributed by atoms with Crippen molar-refractivity contribution in [1.29, 1.82) is 0 Å². The molecule has 1 N–H and O–H groups in total. The molecule has 1 saturated heterocycles. The zero-order valence-electron chi connectivity index (χ0n) is 11.2. The normalized spacial score (nSPS) is 16.1. The smallest absolute Gasteiger partial charge is 0.224 e. The number of halogens is 2. The second kappa shape index (κ2) is 7.84. The van der Waals surface area contributed by atoms with Gasteiger partial charge in [-0.25, -0.2) is 0 Å². The van der Waals surface area contributed by atoms with Gasteiger partial charge in [0, 0.05) is 36.2 Å². The van der Waals surface area contributed by atoms with Crippen LogP contribution in [0.5, 0.6) is 0 Å². The van der Waals surface area contributed by atoms with Crippen molar-refractivity contribution >= 4 is 29.1 Å². The molecule has 6 heteroatoms. The minimum absolute atomic E-state index is 0.0618. The van der Waals surface area contributed by atoms with Crippen LogP contribution in [-0.4, -0.2) is 50.2 Å². The van der Waals surface area contributed by atoms with E-state index in [0.29, 0.717) is 22.2 Å². The Morgan fingerprint density at radius 3 is 2.55 bits per heavy atom. The standard InChI is InChI=1S/C14H18Cl2N2O2/c15-12-2-1-3-13(16)11(12)10-14(19)17-4-5-18-6-8-20-9-7-18/h1-3H,4-10H2,(H,17,19). The number of nitrogens with one attached hydrogen (secondary N) is 1. The number of benzene rings is 1. The molecule has 2 rings (SSSR count). The summed E-state index contributed by atoms with van der Waals surface area (Å²) in [5, 5.41) is 3.95. The average Bonchev–Trinajstić information content (AvgIpc) is 2.44. The third-order valence-electron chi connectivity index (χ3n) is 3.25. The molecular weight excluding hydrogens is 299 g/mol. The van der Waals surface area contributed by atoms with Gasteiger partial charge >= 0.3 is 0 Å². The van der Waals surface area contributed by atoms with Gasteiger partial charge in [0.1, 0.15) is 0 Å². The van der Waals surface area contributed by atoms with Crippen molar-refractivity contribution in [2.75, 3.05) is 39.4 Å². The molecular formula is C14H18Cl2N2O2. The molecule has 1 aliphatic rings. The SMILES string of the molecule is O=C(Cc1c(Cl)cccc1Cl)NCCN1CCOCC1. The van der Waals surface area contributed by atoms with Gasteiger partial charge in [0.2, 0.25) is 5.91 Å².